The van der Waals surface area contributed by atoms with Crippen LogP contribution in [-0.2, 0) is 21.9 Å². The van der Waals surface area contributed by atoms with Crippen LogP contribution in [0.3, 0.4) is 0 Å². The molecule has 9 nitrogen and oxygen atoms in total. The van der Waals surface area contributed by atoms with Crippen LogP contribution in [-0.4, -0.2) is 41.2 Å². The Labute approximate surface area is 181 Å². The van der Waals surface area contributed by atoms with Crippen LogP contribution in [0.15, 0.2) is 35.2 Å². The fraction of sp³-hybridized carbons (Fsp3) is 0.381. The molecule has 10 heteroatoms. The van der Waals surface area contributed by atoms with Crippen molar-refractivity contribution in [3.63, 3.8) is 0 Å². The highest BCUT2D eigenvalue weighted by Gasteiger charge is 2.25. The second kappa shape index (κ2) is 8.27. The van der Waals surface area contributed by atoms with Crippen LogP contribution < -0.4 is 14.8 Å². The van der Waals surface area contributed by atoms with Crippen molar-refractivity contribution in [1.29, 1.82) is 0 Å². The first kappa shape index (κ1) is 22.7. The number of nitrogens with zero attached hydrogens (tertiary/aromatic N) is 3. The van der Waals surface area contributed by atoms with Crippen LogP contribution >= 0.6 is 0 Å². The molecule has 0 aliphatic rings. The zero-order valence-electron chi connectivity index (χ0n) is 18.5. The van der Waals surface area contributed by atoms with Gasteiger partial charge in [-0.25, -0.2) is 22.8 Å². The summed E-state index contributed by atoms with van der Waals surface area (Å²) in [6, 6.07) is 8.13. The molecule has 0 aliphatic carbocycles. The van der Waals surface area contributed by atoms with Gasteiger partial charge in [0, 0.05) is 18.3 Å². The number of aromatic nitrogens is 3. The molecule has 1 aromatic carbocycles. The van der Waals surface area contributed by atoms with E-state index in [4.69, 9.17) is 4.74 Å². The molecule has 0 saturated heterocycles. The highest BCUT2D eigenvalue weighted by Crippen LogP contribution is 2.27. The first-order chi connectivity index (χ1) is 14.4. The molecule has 31 heavy (non-hydrogen) atoms. The molecule has 0 unspecified atom stereocenters. The number of carbonyl (C=O) groups excluding carboxylic acids is 1. The lowest BCUT2D eigenvalue weighted by Gasteiger charge is -2.21. The monoisotopic (exact) mass is 445 g/mol. The molecular formula is C21H27N5O4S. The maximum absolute atomic E-state index is 12.7. The van der Waals surface area contributed by atoms with Gasteiger partial charge >= 0.3 is 0 Å². The van der Waals surface area contributed by atoms with E-state index >= 15 is 0 Å². The number of carbonyl (C=O) groups is 1. The molecular weight excluding hydrogens is 418 g/mol. The lowest BCUT2D eigenvalue weighted by atomic mass is 10.1. The molecule has 0 radical (unpaired) electrons. The van der Waals surface area contributed by atoms with Crippen LogP contribution in [0.2, 0.25) is 0 Å². The molecule has 2 aromatic heterocycles. The number of hydrogen-bond donors (Lipinski definition) is 2. The second-order valence-corrected chi connectivity index (χ2v) is 10.0. The smallest absolute Gasteiger partial charge is 0.262 e. The van der Waals surface area contributed by atoms with Gasteiger partial charge in [0.05, 0.1) is 11.1 Å². The van der Waals surface area contributed by atoms with Gasteiger partial charge in [0.2, 0.25) is 15.9 Å². The van der Waals surface area contributed by atoms with Gasteiger partial charge in [-0.1, -0.05) is 12.1 Å². The average molecular weight is 446 g/mol. The number of hydrogen-bond acceptors (Lipinski definition) is 6. The molecule has 0 spiro atoms. The number of ether oxygens (including phenoxy) is 1. The minimum Gasteiger partial charge on any atom is -0.466 e. The number of anilines is 1. The van der Waals surface area contributed by atoms with E-state index in [9.17, 15) is 13.2 Å². The lowest BCUT2D eigenvalue weighted by molar-refractivity contribution is -0.118. The maximum atomic E-state index is 12.7. The Hall–Kier alpha value is -2.98. The highest BCUT2D eigenvalue weighted by molar-refractivity contribution is 7.89. The Morgan fingerprint density at radius 1 is 1.19 bits per heavy atom. The first-order valence-corrected chi connectivity index (χ1v) is 11.2. The number of para-hydroxylation sites is 1. The van der Waals surface area contributed by atoms with Crippen LogP contribution in [0, 0.1) is 13.8 Å². The van der Waals surface area contributed by atoms with E-state index in [0.29, 0.717) is 11.5 Å². The molecule has 0 bridgehead atoms. The van der Waals surface area contributed by atoms with Gasteiger partial charge in [-0.2, -0.15) is 0 Å². The highest BCUT2D eigenvalue weighted by atomic mass is 32.2. The molecule has 3 aromatic rings. The molecule has 0 atom stereocenters. The third-order valence-electron chi connectivity index (χ3n) is 4.32. The van der Waals surface area contributed by atoms with Gasteiger partial charge in [0.25, 0.3) is 5.91 Å². The third kappa shape index (κ3) is 5.20. The first-order valence-electron chi connectivity index (χ1n) is 9.74. The summed E-state index contributed by atoms with van der Waals surface area (Å²) >= 11 is 0. The number of amides is 1. The van der Waals surface area contributed by atoms with Crippen molar-refractivity contribution in [1.82, 2.24) is 19.5 Å². The van der Waals surface area contributed by atoms with Crippen molar-refractivity contribution in [3.05, 3.63) is 41.6 Å². The van der Waals surface area contributed by atoms with Gasteiger partial charge in [-0.3, -0.25) is 4.79 Å². The van der Waals surface area contributed by atoms with Crippen molar-refractivity contribution >= 4 is 32.7 Å². The molecule has 2 heterocycles. The molecule has 0 aliphatic heterocycles. The lowest BCUT2D eigenvalue weighted by Crippen LogP contribution is -2.40. The summed E-state index contributed by atoms with van der Waals surface area (Å²) in [5.41, 5.74) is 1.98. The Balaban J connectivity index is 1.78. The number of aryl methyl sites for hydroxylation is 3. The Morgan fingerprint density at radius 3 is 2.55 bits per heavy atom. The van der Waals surface area contributed by atoms with Gasteiger partial charge in [0.1, 0.15) is 4.90 Å². The van der Waals surface area contributed by atoms with Crippen LogP contribution in [0.25, 0.3) is 11.0 Å². The Morgan fingerprint density at radius 2 is 1.87 bits per heavy atom. The molecule has 0 saturated carbocycles. The van der Waals surface area contributed by atoms with Crippen molar-refractivity contribution in [2.24, 2.45) is 7.05 Å². The molecule has 1 amide bonds. The van der Waals surface area contributed by atoms with E-state index in [-0.39, 0.29) is 17.2 Å². The topological polar surface area (TPSA) is 115 Å². The standard InChI is InChI=1S/C21H27N5O4S/c1-13-11-14(2)22-19-18(13)20(24-26(19)6)30-12-17(27)23-15-9-7-8-10-16(15)31(28,29)25-21(3,4)5/h7-11,25H,12H2,1-6H3,(H,23,27). The summed E-state index contributed by atoms with van der Waals surface area (Å²) in [5, 5.41) is 7.67. The number of benzene rings is 1. The van der Waals surface area contributed by atoms with E-state index in [1.807, 2.05) is 19.9 Å². The van der Waals surface area contributed by atoms with Crippen molar-refractivity contribution in [2.45, 2.75) is 45.1 Å². The SMILES string of the molecule is Cc1cc(C)c2c(OCC(=O)Nc3ccccc3S(=O)(=O)NC(C)(C)C)nn(C)c2n1. The van der Waals surface area contributed by atoms with Crippen LogP contribution in [0.4, 0.5) is 5.69 Å². The molecule has 3 rings (SSSR count). The predicted molar refractivity (Wildman–Crippen MR) is 119 cm³/mol. The Bertz CT molecular complexity index is 1240. The van der Waals surface area contributed by atoms with Crippen molar-refractivity contribution < 1.29 is 17.9 Å². The van der Waals surface area contributed by atoms with E-state index < -0.39 is 21.5 Å². The number of nitrogens with one attached hydrogen (secondary N) is 2. The van der Waals surface area contributed by atoms with E-state index in [1.54, 1.807) is 44.6 Å². The maximum Gasteiger partial charge on any atom is 0.262 e. The summed E-state index contributed by atoms with van der Waals surface area (Å²) in [5.74, 6) is -0.206. The zero-order chi connectivity index (χ0) is 23.0. The summed E-state index contributed by atoms with van der Waals surface area (Å²) < 4.78 is 35.3. The largest absolute Gasteiger partial charge is 0.466 e. The predicted octanol–water partition coefficient (Wildman–Crippen LogP) is 2.68. The van der Waals surface area contributed by atoms with E-state index in [2.05, 4.69) is 20.1 Å². The van der Waals surface area contributed by atoms with E-state index in [0.717, 1.165) is 16.6 Å². The van der Waals surface area contributed by atoms with Gasteiger partial charge < -0.3 is 10.1 Å². The number of pyridine rings is 1. The summed E-state index contributed by atoms with van der Waals surface area (Å²) in [6.45, 7) is 8.72. The van der Waals surface area contributed by atoms with E-state index in [1.165, 1.54) is 12.1 Å². The van der Waals surface area contributed by atoms with Crippen LogP contribution in [0.1, 0.15) is 32.0 Å². The number of rotatable bonds is 6. The van der Waals surface area contributed by atoms with Gasteiger partial charge in [0.15, 0.2) is 12.3 Å². The fourth-order valence-electron chi connectivity index (χ4n) is 3.23. The normalized spacial score (nSPS) is 12.2. The summed E-state index contributed by atoms with van der Waals surface area (Å²) in [6.07, 6.45) is 0. The van der Waals surface area contributed by atoms with Crippen LogP contribution in [0.5, 0.6) is 5.88 Å². The average Bonchev–Trinajstić information content (AvgIpc) is 2.94. The van der Waals surface area contributed by atoms with Crippen molar-refractivity contribution in [3.8, 4) is 5.88 Å². The van der Waals surface area contributed by atoms with Crippen molar-refractivity contribution in [2.75, 3.05) is 11.9 Å². The second-order valence-electron chi connectivity index (χ2n) is 8.40. The quantitative estimate of drug-likeness (QED) is 0.603. The Kier molecular flexibility index (Phi) is 6.06. The molecule has 0 fully saturated rings. The van der Waals surface area contributed by atoms with Gasteiger partial charge in [-0.05, 0) is 58.4 Å². The summed E-state index contributed by atoms with van der Waals surface area (Å²) in [4.78, 5) is 17.0. The number of sulfonamides is 1. The fourth-order valence-corrected chi connectivity index (χ4v) is 4.82. The molecule has 2 N–H and O–H groups in total. The third-order valence-corrected chi connectivity index (χ3v) is 6.13. The zero-order valence-corrected chi connectivity index (χ0v) is 19.3. The minimum atomic E-state index is -3.83. The number of fused-ring (bicyclic) bond motifs is 1. The van der Waals surface area contributed by atoms with Gasteiger partial charge in [-0.15, -0.1) is 5.10 Å². The minimum absolute atomic E-state index is 0.0166. The summed E-state index contributed by atoms with van der Waals surface area (Å²) in [7, 11) is -2.07. The molecule has 166 valence electrons.